The monoisotopic (exact) mass is 301 g/mol. The van der Waals surface area contributed by atoms with Crippen molar-refractivity contribution in [3.05, 3.63) is 51.5 Å². The highest BCUT2D eigenvalue weighted by atomic mass is 35.5. The molecule has 0 fully saturated rings. The summed E-state index contributed by atoms with van der Waals surface area (Å²) in [6.07, 6.45) is 1.58. The van der Waals surface area contributed by atoms with Gasteiger partial charge in [-0.05, 0) is 24.2 Å². The molecule has 102 valence electrons. The quantitative estimate of drug-likeness (QED) is 0.936. The van der Waals surface area contributed by atoms with Crippen LogP contribution in [-0.2, 0) is 7.05 Å². The molecule has 2 aromatic rings. The third-order valence-electron chi connectivity index (χ3n) is 2.90. The smallest absolute Gasteiger partial charge is 0.142 e. The second-order valence-corrected chi connectivity index (χ2v) is 4.98. The molecule has 0 saturated carbocycles. The number of nitrogens with one attached hydrogen (secondary N) is 1. The number of aromatic nitrogens is 2. The van der Waals surface area contributed by atoms with Crippen molar-refractivity contribution in [3.63, 3.8) is 0 Å². The van der Waals surface area contributed by atoms with Crippen molar-refractivity contribution in [1.82, 2.24) is 15.1 Å². The number of halogens is 3. The van der Waals surface area contributed by atoms with Gasteiger partial charge < -0.3 is 5.32 Å². The second kappa shape index (κ2) is 5.90. The van der Waals surface area contributed by atoms with Gasteiger partial charge in [-0.3, -0.25) is 4.68 Å². The fourth-order valence-electron chi connectivity index (χ4n) is 2.01. The van der Waals surface area contributed by atoms with Crippen LogP contribution in [0.25, 0.3) is 0 Å². The van der Waals surface area contributed by atoms with E-state index >= 15 is 0 Å². The maximum Gasteiger partial charge on any atom is 0.142 e. The molecule has 0 amide bonds. The number of aryl methyl sites for hydroxylation is 1. The average Bonchev–Trinajstić information content (AvgIpc) is 2.70. The largest absolute Gasteiger partial charge is 0.305 e. The lowest BCUT2D eigenvalue weighted by molar-refractivity contribution is 0.565. The molecule has 0 aliphatic heterocycles. The molecule has 1 N–H and O–H groups in total. The minimum absolute atomic E-state index is 0.107. The third-order valence-corrected chi connectivity index (χ3v) is 3.49. The van der Waals surface area contributed by atoms with Crippen LogP contribution in [0, 0.1) is 5.82 Å². The molecule has 0 radical (unpaired) electrons. The lowest BCUT2D eigenvalue weighted by atomic mass is 10.0. The minimum Gasteiger partial charge on any atom is -0.305 e. The molecule has 1 unspecified atom stereocenters. The topological polar surface area (TPSA) is 29.9 Å². The van der Waals surface area contributed by atoms with Crippen molar-refractivity contribution in [1.29, 1.82) is 0 Å². The van der Waals surface area contributed by atoms with Crippen molar-refractivity contribution in [2.24, 2.45) is 7.05 Å². The fourth-order valence-corrected chi connectivity index (χ4v) is 2.41. The van der Waals surface area contributed by atoms with Gasteiger partial charge in [0.2, 0.25) is 0 Å². The summed E-state index contributed by atoms with van der Waals surface area (Å²) < 4.78 is 15.3. The van der Waals surface area contributed by atoms with Gasteiger partial charge >= 0.3 is 0 Å². The zero-order valence-electron chi connectivity index (χ0n) is 10.6. The lowest BCUT2D eigenvalue weighted by Crippen LogP contribution is -2.24. The lowest BCUT2D eigenvalue weighted by Gasteiger charge is -2.19. The van der Waals surface area contributed by atoms with Gasteiger partial charge in [0.05, 0.1) is 28.0 Å². The van der Waals surface area contributed by atoms with E-state index in [0.717, 1.165) is 17.8 Å². The molecule has 0 bridgehead atoms. The zero-order chi connectivity index (χ0) is 14.0. The molecule has 0 aliphatic rings. The number of hydrogen-bond acceptors (Lipinski definition) is 2. The molecular formula is C13H14Cl2FN3. The van der Waals surface area contributed by atoms with E-state index in [1.807, 2.05) is 6.92 Å². The maximum atomic E-state index is 13.6. The highest BCUT2D eigenvalue weighted by Crippen LogP contribution is 2.29. The van der Waals surface area contributed by atoms with Crippen LogP contribution in [-0.4, -0.2) is 16.3 Å². The van der Waals surface area contributed by atoms with E-state index in [0.29, 0.717) is 5.02 Å². The van der Waals surface area contributed by atoms with Crippen LogP contribution in [0.3, 0.4) is 0 Å². The molecule has 0 aliphatic carbocycles. The summed E-state index contributed by atoms with van der Waals surface area (Å²) >= 11 is 11.9. The zero-order valence-corrected chi connectivity index (χ0v) is 12.1. The summed E-state index contributed by atoms with van der Waals surface area (Å²) in [6, 6.07) is 4.51. The SMILES string of the molecule is CCNC(c1ccc(Cl)c(F)c1)c1c(Cl)cnn1C. The molecule has 0 spiro atoms. The first-order valence-corrected chi connectivity index (χ1v) is 6.66. The Kier molecular flexibility index (Phi) is 4.45. The van der Waals surface area contributed by atoms with Crippen LogP contribution in [0.15, 0.2) is 24.4 Å². The number of rotatable bonds is 4. The molecule has 2 rings (SSSR count). The van der Waals surface area contributed by atoms with Crippen LogP contribution in [0.1, 0.15) is 24.2 Å². The van der Waals surface area contributed by atoms with E-state index in [1.54, 1.807) is 30.1 Å². The highest BCUT2D eigenvalue weighted by molar-refractivity contribution is 6.31. The van der Waals surface area contributed by atoms with Gasteiger partial charge in [0.25, 0.3) is 0 Å². The summed E-state index contributed by atoms with van der Waals surface area (Å²) in [6.45, 7) is 2.69. The molecule has 1 aromatic carbocycles. The molecule has 1 aromatic heterocycles. The van der Waals surface area contributed by atoms with Gasteiger partial charge in [0, 0.05) is 7.05 Å². The van der Waals surface area contributed by atoms with E-state index in [2.05, 4.69) is 10.4 Å². The number of nitrogens with zero attached hydrogens (tertiary/aromatic N) is 2. The van der Waals surface area contributed by atoms with E-state index in [4.69, 9.17) is 23.2 Å². The summed E-state index contributed by atoms with van der Waals surface area (Å²) in [5.74, 6) is -0.444. The predicted molar refractivity (Wildman–Crippen MR) is 75.1 cm³/mol. The minimum atomic E-state index is -0.444. The van der Waals surface area contributed by atoms with Crippen LogP contribution in [0.5, 0.6) is 0 Å². The molecule has 1 atom stereocenters. The summed E-state index contributed by atoms with van der Waals surface area (Å²) in [7, 11) is 1.80. The maximum absolute atomic E-state index is 13.6. The van der Waals surface area contributed by atoms with Gasteiger partial charge in [-0.25, -0.2) is 4.39 Å². The highest BCUT2D eigenvalue weighted by Gasteiger charge is 2.21. The van der Waals surface area contributed by atoms with Crippen molar-refractivity contribution in [2.45, 2.75) is 13.0 Å². The third kappa shape index (κ3) is 2.91. The van der Waals surface area contributed by atoms with Gasteiger partial charge in [0.15, 0.2) is 0 Å². The Hall–Kier alpha value is -1.10. The van der Waals surface area contributed by atoms with Gasteiger partial charge in [-0.15, -0.1) is 0 Å². The average molecular weight is 302 g/mol. The number of hydrogen-bond donors (Lipinski definition) is 1. The standard InChI is InChI=1S/C13H14Cl2FN3/c1-3-17-12(13-10(15)7-18-19(13)2)8-4-5-9(14)11(16)6-8/h4-7,12,17H,3H2,1-2H3. The summed E-state index contributed by atoms with van der Waals surface area (Å²) in [5, 5.41) is 8.04. The summed E-state index contributed by atoms with van der Waals surface area (Å²) in [4.78, 5) is 0. The Morgan fingerprint density at radius 3 is 2.63 bits per heavy atom. The molecule has 1 heterocycles. The predicted octanol–water partition coefficient (Wildman–Crippen LogP) is 3.56. The Balaban J connectivity index is 2.48. The van der Waals surface area contributed by atoms with E-state index in [-0.39, 0.29) is 11.1 Å². The van der Waals surface area contributed by atoms with Crippen molar-refractivity contribution in [3.8, 4) is 0 Å². The Labute approximate surface area is 121 Å². The van der Waals surface area contributed by atoms with Crippen LogP contribution < -0.4 is 5.32 Å². The Morgan fingerprint density at radius 2 is 2.11 bits per heavy atom. The first-order valence-electron chi connectivity index (χ1n) is 5.90. The van der Waals surface area contributed by atoms with Gasteiger partial charge in [-0.1, -0.05) is 36.2 Å². The first-order chi connectivity index (χ1) is 9.04. The second-order valence-electron chi connectivity index (χ2n) is 4.17. The van der Waals surface area contributed by atoms with Crippen LogP contribution >= 0.6 is 23.2 Å². The fraction of sp³-hybridized carbons (Fsp3) is 0.308. The van der Waals surface area contributed by atoms with Crippen LogP contribution in [0.2, 0.25) is 10.0 Å². The normalized spacial score (nSPS) is 12.7. The van der Waals surface area contributed by atoms with Crippen LogP contribution in [0.4, 0.5) is 4.39 Å². The molecule has 19 heavy (non-hydrogen) atoms. The van der Waals surface area contributed by atoms with E-state index in [9.17, 15) is 4.39 Å². The molecule has 3 nitrogen and oxygen atoms in total. The summed E-state index contributed by atoms with van der Waals surface area (Å²) in [5.41, 5.74) is 1.56. The van der Waals surface area contributed by atoms with Crippen molar-refractivity contribution < 1.29 is 4.39 Å². The Bertz CT molecular complexity index is 564. The van der Waals surface area contributed by atoms with Crippen molar-refractivity contribution >= 4 is 23.2 Å². The van der Waals surface area contributed by atoms with E-state index < -0.39 is 5.82 Å². The molecule has 0 saturated heterocycles. The Morgan fingerprint density at radius 1 is 1.37 bits per heavy atom. The number of benzene rings is 1. The van der Waals surface area contributed by atoms with Crippen molar-refractivity contribution in [2.75, 3.05) is 6.54 Å². The van der Waals surface area contributed by atoms with Gasteiger partial charge in [0.1, 0.15) is 5.82 Å². The molecule has 6 heteroatoms. The van der Waals surface area contributed by atoms with E-state index in [1.165, 1.54) is 6.07 Å². The molecular weight excluding hydrogens is 288 g/mol. The van der Waals surface area contributed by atoms with Gasteiger partial charge in [-0.2, -0.15) is 5.10 Å². The first kappa shape index (κ1) is 14.3.